The third kappa shape index (κ3) is 4.67. The van der Waals surface area contributed by atoms with Crippen molar-refractivity contribution in [3.8, 4) is 0 Å². The molecule has 1 saturated carbocycles. The largest absolute Gasteiger partial charge is 0.467 e. The van der Waals surface area contributed by atoms with Crippen molar-refractivity contribution in [2.45, 2.75) is 58.4 Å². The quantitative estimate of drug-likeness (QED) is 0.767. The first-order valence-corrected chi connectivity index (χ1v) is 6.92. The van der Waals surface area contributed by atoms with Crippen LogP contribution in [0.4, 0.5) is 0 Å². The zero-order valence-electron chi connectivity index (χ0n) is 11.7. The van der Waals surface area contributed by atoms with Crippen molar-refractivity contribution < 1.29 is 14.3 Å². The van der Waals surface area contributed by atoms with E-state index >= 15 is 0 Å². The molecule has 1 amide bonds. The van der Waals surface area contributed by atoms with Crippen LogP contribution in [0.1, 0.15) is 52.4 Å². The lowest BCUT2D eigenvalue weighted by Crippen LogP contribution is -2.45. The van der Waals surface area contributed by atoms with Crippen LogP contribution in [0.25, 0.3) is 0 Å². The van der Waals surface area contributed by atoms with Crippen LogP contribution in [0.3, 0.4) is 0 Å². The molecule has 0 heterocycles. The summed E-state index contributed by atoms with van der Waals surface area (Å²) in [5.74, 6) is 0.109. The highest BCUT2D eigenvalue weighted by Crippen LogP contribution is 2.24. The van der Waals surface area contributed by atoms with Gasteiger partial charge >= 0.3 is 5.97 Å². The topological polar surface area (TPSA) is 55.4 Å². The molecule has 0 radical (unpaired) electrons. The number of esters is 1. The molecular weight excluding hydrogens is 230 g/mol. The standard InChI is InChI=1S/C14H25NO3/c1-10(2)9-12(14(17)18-3)15-13(16)11-7-5-4-6-8-11/h10-12H,4-9H2,1-3H3,(H,15,16)/t12-/m1/s1. The minimum Gasteiger partial charge on any atom is -0.467 e. The van der Waals surface area contributed by atoms with Gasteiger partial charge in [-0.25, -0.2) is 4.79 Å². The molecule has 0 aliphatic heterocycles. The van der Waals surface area contributed by atoms with Gasteiger partial charge in [0.1, 0.15) is 6.04 Å². The van der Waals surface area contributed by atoms with Gasteiger partial charge in [0, 0.05) is 5.92 Å². The van der Waals surface area contributed by atoms with Crippen LogP contribution in [0.2, 0.25) is 0 Å². The third-order valence-corrected chi connectivity index (χ3v) is 3.49. The first-order chi connectivity index (χ1) is 8.54. The fourth-order valence-electron chi connectivity index (χ4n) is 2.48. The molecule has 0 unspecified atom stereocenters. The van der Waals surface area contributed by atoms with E-state index in [9.17, 15) is 9.59 Å². The Bertz CT molecular complexity index is 283. The van der Waals surface area contributed by atoms with E-state index in [0.717, 1.165) is 25.7 Å². The van der Waals surface area contributed by atoms with Gasteiger partial charge in [-0.15, -0.1) is 0 Å². The normalized spacial score (nSPS) is 18.4. The molecule has 104 valence electrons. The summed E-state index contributed by atoms with van der Waals surface area (Å²) in [5, 5.41) is 2.86. The van der Waals surface area contributed by atoms with Crippen LogP contribution in [0.15, 0.2) is 0 Å². The molecule has 0 saturated heterocycles. The average molecular weight is 255 g/mol. The summed E-state index contributed by atoms with van der Waals surface area (Å²) in [6, 6.07) is -0.496. The number of nitrogens with one attached hydrogen (secondary N) is 1. The summed E-state index contributed by atoms with van der Waals surface area (Å²) >= 11 is 0. The number of hydrogen-bond acceptors (Lipinski definition) is 3. The lowest BCUT2D eigenvalue weighted by atomic mass is 9.88. The minimum atomic E-state index is -0.496. The van der Waals surface area contributed by atoms with Crippen molar-refractivity contribution in [3.63, 3.8) is 0 Å². The number of carbonyl (C=O) groups is 2. The van der Waals surface area contributed by atoms with Crippen LogP contribution in [0, 0.1) is 11.8 Å². The Morgan fingerprint density at radius 3 is 2.33 bits per heavy atom. The summed E-state index contributed by atoms with van der Waals surface area (Å²) in [7, 11) is 1.36. The highest BCUT2D eigenvalue weighted by Gasteiger charge is 2.27. The van der Waals surface area contributed by atoms with Gasteiger partial charge in [-0.1, -0.05) is 33.1 Å². The van der Waals surface area contributed by atoms with Gasteiger partial charge in [-0.2, -0.15) is 0 Å². The predicted octanol–water partition coefficient (Wildman–Crippen LogP) is 2.27. The molecule has 1 N–H and O–H groups in total. The second-order valence-electron chi connectivity index (χ2n) is 5.55. The summed E-state index contributed by atoms with van der Waals surface area (Å²) in [4.78, 5) is 23.7. The van der Waals surface area contributed by atoms with Gasteiger partial charge in [0.2, 0.25) is 5.91 Å². The van der Waals surface area contributed by atoms with Crippen LogP contribution >= 0.6 is 0 Å². The molecule has 18 heavy (non-hydrogen) atoms. The minimum absolute atomic E-state index is 0.0192. The number of carbonyl (C=O) groups excluding carboxylic acids is 2. The van der Waals surface area contributed by atoms with E-state index < -0.39 is 6.04 Å². The Hall–Kier alpha value is -1.06. The summed E-state index contributed by atoms with van der Waals surface area (Å²) in [6.45, 7) is 4.06. The monoisotopic (exact) mass is 255 g/mol. The Labute approximate surface area is 109 Å². The lowest BCUT2D eigenvalue weighted by Gasteiger charge is -2.24. The molecule has 0 aromatic rings. The van der Waals surface area contributed by atoms with E-state index in [-0.39, 0.29) is 17.8 Å². The molecule has 0 bridgehead atoms. The zero-order chi connectivity index (χ0) is 13.5. The van der Waals surface area contributed by atoms with Gasteiger partial charge in [0.25, 0.3) is 0 Å². The van der Waals surface area contributed by atoms with Crippen molar-refractivity contribution >= 4 is 11.9 Å². The van der Waals surface area contributed by atoms with Gasteiger partial charge in [0.15, 0.2) is 0 Å². The predicted molar refractivity (Wildman–Crippen MR) is 70.0 cm³/mol. The van der Waals surface area contributed by atoms with E-state index in [4.69, 9.17) is 4.74 Å². The van der Waals surface area contributed by atoms with Gasteiger partial charge < -0.3 is 10.1 Å². The smallest absolute Gasteiger partial charge is 0.328 e. The Morgan fingerprint density at radius 1 is 1.22 bits per heavy atom. The third-order valence-electron chi connectivity index (χ3n) is 3.49. The molecule has 0 spiro atoms. The van der Waals surface area contributed by atoms with Crippen LogP contribution in [0.5, 0.6) is 0 Å². The number of hydrogen-bond donors (Lipinski definition) is 1. The number of ether oxygens (including phenoxy) is 1. The number of methoxy groups -OCH3 is 1. The zero-order valence-corrected chi connectivity index (χ0v) is 11.7. The van der Waals surface area contributed by atoms with Crippen molar-refractivity contribution in [3.05, 3.63) is 0 Å². The lowest BCUT2D eigenvalue weighted by molar-refractivity contribution is -0.146. The van der Waals surface area contributed by atoms with Crippen molar-refractivity contribution in [1.82, 2.24) is 5.32 Å². The van der Waals surface area contributed by atoms with Crippen molar-refractivity contribution in [2.75, 3.05) is 7.11 Å². The van der Waals surface area contributed by atoms with Crippen LogP contribution in [-0.2, 0) is 14.3 Å². The molecule has 1 aliphatic rings. The number of amides is 1. The Morgan fingerprint density at radius 2 is 1.83 bits per heavy atom. The summed E-state index contributed by atoms with van der Waals surface area (Å²) in [6.07, 6.45) is 5.97. The molecule has 0 aromatic heterocycles. The number of rotatable bonds is 5. The Balaban J connectivity index is 2.52. The fraction of sp³-hybridized carbons (Fsp3) is 0.857. The molecule has 1 fully saturated rings. The van der Waals surface area contributed by atoms with Gasteiger partial charge in [0.05, 0.1) is 7.11 Å². The van der Waals surface area contributed by atoms with Gasteiger partial charge in [-0.05, 0) is 25.2 Å². The second kappa shape index (κ2) is 7.39. The van der Waals surface area contributed by atoms with Crippen LogP contribution < -0.4 is 5.32 Å². The summed E-state index contributed by atoms with van der Waals surface area (Å²) < 4.78 is 4.75. The maximum atomic E-state index is 12.1. The highest BCUT2D eigenvalue weighted by molar-refractivity contribution is 5.85. The summed E-state index contributed by atoms with van der Waals surface area (Å²) in [5.41, 5.74) is 0. The van der Waals surface area contributed by atoms with E-state index in [1.165, 1.54) is 13.5 Å². The van der Waals surface area contributed by atoms with Crippen molar-refractivity contribution in [2.24, 2.45) is 11.8 Å². The molecule has 4 nitrogen and oxygen atoms in total. The van der Waals surface area contributed by atoms with E-state index in [1.807, 2.05) is 13.8 Å². The van der Waals surface area contributed by atoms with Gasteiger partial charge in [-0.3, -0.25) is 4.79 Å². The maximum absolute atomic E-state index is 12.1. The molecular formula is C14H25NO3. The van der Waals surface area contributed by atoms with Crippen LogP contribution in [-0.4, -0.2) is 25.0 Å². The fourth-order valence-corrected chi connectivity index (χ4v) is 2.48. The van der Waals surface area contributed by atoms with Crippen molar-refractivity contribution in [1.29, 1.82) is 0 Å². The molecule has 1 aliphatic carbocycles. The average Bonchev–Trinajstić information content (AvgIpc) is 2.37. The molecule has 1 rings (SSSR count). The Kier molecular flexibility index (Phi) is 6.16. The maximum Gasteiger partial charge on any atom is 0.328 e. The highest BCUT2D eigenvalue weighted by atomic mass is 16.5. The SMILES string of the molecule is COC(=O)[C@@H](CC(C)C)NC(=O)C1CCCCC1. The second-order valence-corrected chi connectivity index (χ2v) is 5.55. The molecule has 0 aromatic carbocycles. The molecule has 1 atom stereocenters. The first-order valence-electron chi connectivity index (χ1n) is 6.92. The first kappa shape index (κ1) is 15.0. The molecule has 4 heteroatoms. The van der Waals surface area contributed by atoms with E-state index in [0.29, 0.717) is 12.3 Å². The van der Waals surface area contributed by atoms with E-state index in [1.54, 1.807) is 0 Å². The van der Waals surface area contributed by atoms with E-state index in [2.05, 4.69) is 5.32 Å².